The minimum Gasteiger partial charge on any atom is -0.490 e. The molecule has 2 unspecified atom stereocenters. The fraction of sp³-hybridized carbons (Fsp3) is 0.500. The lowest BCUT2D eigenvalue weighted by atomic mass is 9.84. The van der Waals surface area contributed by atoms with E-state index in [1.807, 2.05) is 24.3 Å². The number of carbonyl (C=O) groups is 1. The largest absolute Gasteiger partial charge is 0.490 e. The monoisotopic (exact) mass is 312 g/mol. The molecule has 98 valence electrons. The summed E-state index contributed by atoms with van der Waals surface area (Å²) in [7, 11) is 0. The molecule has 1 N–H and O–H groups in total. The van der Waals surface area contributed by atoms with Gasteiger partial charge in [-0.05, 0) is 37.5 Å². The maximum absolute atomic E-state index is 10.9. The van der Waals surface area contributed by atoms with Crippen LogP contribution in [0.3, 0.4) is 0 Å². The third-order valence-corrected chi connectivity index (χ3v) is 3.85. The van der Waals surface area contributed by atoms with Crippen LogP contribution in [-0.2, 0) is 4.79 Å². The summed E-state index contributed by atoms with van der Waals surface area (Å²) in [5, 5.41) is 8.93. The van der Waals surface area contributed by atoms with E-state index in [2.05, 4.69) is 15.9 Å². The first kappa shape index (κ1) is 13.4. The van der Waals surface area contributed by atoms with E-state index in [0.717, 1.165) is 35.9 Å². The zero-order valence-corrected chi connectivity index (χ0v) is 11.7. The van der Waals surface area contributed by atoms with Gasteiger partial charge in [0.2, 0.25) is 0 Å². The number of halogens is 1. The highest BCUT2D eigenvalue weighted by molar-refractivity contribution is 9.10. The van der Waals surface area contributed by atoms with Gasteiger partial charge >= 0.3 is 5.97 Å². The molecule has 2 atom stereocenters. The Balaban J connectivity index is 2.03. The first-order valence-corrected chi connectivity index (χ1v) is 7.08. The summed E-state index contributed by atoms with van der Waals surface area (Å²) in [6, 6.07) is 7.71. The molecule has 0 heterocycles. The van der Waals surface area contributed by atoms with E-state index in [0.29, 0.717) is 0 Å². The zero-order valence-electron chi connectivity index (χ0n) is 10.1. The van der Waals surface area contributed by atoms with Crippen LogP contribution in [0.15, 0.2) is 28.7 Å². The number of ether oxygens (including phenoxy) is 1. The van der Waals surface area contributed by atoms with Gasteiger partial charge < -0.3 is 9.84 Å². The van der Waals surface area contributed by atoms with Crippen LogP contribution in [0.25, 0.3) is 0 Å². The summed E-state index contributed by atoms with van der Waals surface area (Å²) in [6.45, 7) is 0. The highest BCUT2D eigenvalue weighted by Gasteiger charge is 2.28. The number of rotatable bonds is 4. The highest BCUT2D eigenvalue weighted by Crippen LogP contribution is 2.31. The van der Waals surface area contributed by atoms with Gasteiger partial charge in [-0.3, -0.25) is 4.79 Å². The topological polar surface area (TPSA) is 46.5 Å². The van der Waals surface area contributed by atoms with Crippen molar-refractivity contribution in [3.63, 3.8) is 0 Å². The number of hydrogen-bond acceptors (Lipinski definition) is 2. The lowest BCUT2D eigenvalue weighted by molar-refractivity contribution is -0.139. The third kappa shape index (κ3) is 3.73. The van der Waals surface area contributed by atoms with E-state index in [1.165, 1.54) is 0 Å². The average molecular weight is 313 g/mol. The van der Waals surface area contributed by atoms with E-state index < -0.39 is 5.97 Å². The van der Waals surface area contributed by atoms with Crippen LogP contribution in [0, 0.1) is 5.92 Å². The first-order chi connectivity index (χ1) is 8.65. The molecule has 18 heavy (non-hydrogen) atoms. The summed E-state index contributed by atoms with van der Waals surface area (Å²) in [5.74, 6) is 0.214. The Morgan fingerprint density at radius 2 is 2.17 bits per heavy atom. The minimum absolute atomic E-state index is 0.0316. The van der Waals surface area contributed by atoms with Crippen LogP contribution >= 0.6 is 15.9 Å². The van der Waals surface area contributed by atoms with Crippen molar-refractivity contribution in [3.05, 3.63) is 28.7 Å². The number of benzene rings is 1. The van der Waals surface area contributed by atoms with Gasteiger partial charge in [0, 0.05) is 10.4 Å². The lowest BCUT2D eigenvalue weighted by Crippen LogP contribution is -2.32. The molecule has 0 bridgehead atoms. The summed E-state index contributed by atoms with van der Waals surface area (Å²) < 4.78 is 6.93. The van der Waals surface area contributed by atoms with Crippen molar-refractivity contribution in [2.45, 2.75) is 38.2 Å². The molecule has 0 saturated heterocycles. The predicted molar refractivity (Wildman–Crippen MR) is 72.8 cm³/mol. The molecule has 1 saturated carbocycles. The Labute approximate surface area is 115 Å². The van der Waals surface area contributed by atoms with Crippen LogP contribution in [0.2, 0.25) is 0 Å². The Morgan fingerprint density at radius 1 is 1.39 bits per heavy atom. The van der Waals surface area contributed by atoms with Crippen LogP contribution in [0.5, 0.6) is 5.75 Å². The second kappa shape index (κ2) is 6.23. The average Bonchev–Trinajstić information content (AvgIpc) is 2.31. The molecule has 0 radical (unpaired) electrons. The quantitative estimate of drug-likeness (QED) is 0.918. The molecule has 0 spiro atoms. The van der Waals surface area contributed by atoms with E-state index in [4.69, 9.17) is 9.84 Å². The molecule has 0 aliphatic heterocycles. The lowest BCUT2D eigenvalue weighted by Gasteiger charge is -2.31. The molecule has 1 aliphatic carbocycles. The maximum atomic E-state index is 10.9. The van der Waals surface area contributed by atoms with Gasteiger partial charge in [-0.25, -0.2) is 0 Å². The van der Waals surface area contributed by atoms with Crippen molar-refractivity contribution in [3.8, 4) is 5.75 Å². The van der Waals surface area contributed by atoms with E-state index in [9.17, 15) is 4.79 Å². The van der Waals surface area contributed by atoms with Gasteiger partial charge in [0.25, 0.3) is 0 Å². The smallest absolute Gasteiger partial charge is 0.303 e. The molecule has 3 nitrogen and oxygen atoms in total. The molecule has 1 aliphatic rings. The van der Waals surface area contributed by atoms with E-state index in [-0.39, 0.29) is 18.4 Å². The van der Waals surface area contributed by atoms with Gasteiger partial charge in [0.1, 0.15) is 11.9 Å². The highest BCUT2D eigenvalue weighted by atomic mass is 79.9. The Bertz CT molecular complexity index is 419. The molecule has 0 amide bonds. The van der Waals surface area contributed by atoms with E-state index in [1.54, 1.807) is 0 Å². The van der Waals surface area contributed by atoms with Gasteiger partial charge in [-0.15, -0.1) is 0 Å². The van der Waals surface area contributed by atoms with Crippen molar-refractivity contribution in [2.24, 2.45) is 5.92 Å². The summed E-state index contributed by atoms with van der Waals surface area (Å²) in [5.41, 5.74) is 0. The van der Waals surface area contributed by atoms with Gasteiger partial charge in [0.05, 0.1) is 6.42 Å². The number of carboxylic acids is 1. The van der Waals surface area contributed by atoms with Crippen molar-refractivity contribution < 1.29 is 14.6 Å². The van der Waals surface area contributed by atoms with Crippen molar-refractivity contribution in [1.29, 1.82) is 0 Å². The summed E-state index contributed by atoms with van der Waals surface area (Å²) >= 11 is 3.41. The van der Waals surface area contributed by atoms with Gasteiger partial charge in [0.15, 0.2) is 0 Å². The van der Waals surface area contributed by atoms with Gasteiger partial charge in [-0.2, -0.15) is 0 Å². The van der Waals surface area contributed by atoms with Crippen molar-refractivity contribution in [1.82, 2.24) is 0 Å². The van der Waals surface area contributed by atoms with Crippen LogP contribution in [0.4, 0.5) is 0 Å². The zero-order chi connectivity index (χ0) is 13.0. The second-order valence-corrected chi connectivity index (χ2v) is 5.67. The number of aliphatic carboxylic acids is 1. The molecule has 4 heteroatoms. The second-order valence-electron chi connectivity index (χ2n) is 4.76. The fourth-order valence-electron chi connectivity index (χ4n) is 2.50. The van der Waals surface area contributed by atoms with Crippen molar-refractivity contribution in [2.75, 3.05) is 0 Å². The van der Waals surface area contributed by atoms with E-state index >= 15 is 0 Å². The van der Waals surface area contributed by atoms with Crippen LogP contribution in [-0.4, -0.2) is 17.2 Å². The molecule has 0 aromatic heterocycles. The Morgan fingerprint density at radius 3 is 2.89 bits per heavy atom. The fourth-order valence-corrected chi connectivity index (χ4v) is 2.88. The molecular formula is C14H17BrO3. The standard InChI is InChI=1S/C14H17BrO3/c15-11-5-3-6-12(9-11)18-13-7-2-1-4-10(13)8-14(16)17/h3,5-6,9-10,13H,1-2,4,7-8H2,(H,16,17). The Kier molecular flexibility index (Phi) is 4.64. The molecule has 1 aromatic rings. The normalized spacial score (nSPS) is 23.6. The summed E-state index contributed by atoms with van der Waals surface area (Å²) in [4.78, 5) is 10.9. The minimum atomic E-state index is -0.732. The maximum Gasteiger partial charge on any atom is 0.303 e. The number of carboxylic acid groups (broad SMARTS) is 1. The summed E-state index contributed by atoms with van der Waals surface area (Å²) in [6.07, 6.45) is 4.36. The SMILES string of the molecule is O=C(O)CC1CCCCC1Oc1cccc(Br)c1. The van der Waals surface area contributed by atoms with Crippen LogP contribution in [0.1, 0.15) is 32.1 Å². The predicted octanol–water partition coefficient (Wildman–Crippen LogP) is 3.86. The van der Waals surface area contributed by atoms with Crippen molar-refractivity contribution >= 4 is 21.9 Å². The molecular weight excluding hydrogens is 296 g/mol. The number of hydrogen-bond donors (Lipinski definition) is 1. The molecule has 1 aromatic carbocycles. The molecule has 1 fully saturated rings. The molecule has 2 rings (SSSR count). The van der Waals surface area contributed by atoms with Gasteiger partial charge in [-0.1, -0.05) is 28.4 Å². The first-order valence-electron chi connectivity index (χ1n) is 6.29. The van der Waals surface area contributed by atoms with Crippen LogP contribution < -0.4 is 4.74 Å². The Hall–Kier alpha value is -1.03. The third-order valence-electron chi connectivity index (χ3n) is 3.36.